The lowest BCUT2D eigenvalue weighted by Gasteiger charge is -2.48. The number of ether oxygens (including phenoxy) is 1. The quantitative estimate of drug-likeness (QED) is 0.796. The molecule has 1 unspecified atom stereocenters. The van der Waals surface area contributed by atoms with Crippen LogP contribution in [0.5, 0.6) is 5.75 Å². The zero-order valence-electron chi connectivity index (χ0n) is 13.4. The number of benzene rings is 2. The third-order valence-corrected chi connectivity index (χ3v) is 5.33. The molecule has 2 aromatic carbocycles. The van der Waals surface area contributed by atoms with E-state index in [0.29, 0.717) is 6.04 Å². The van der Waals surface area contributed by atoms with Crippen LogP contribution in [-0.4, -0.2) is 15.9 Å². The molecule has 1 spiro atoms. The summed E-state index contributed by atoms with van der Waals surface area (Å²) in [5, 5.41) is 11.5. The second kappa shape index (κ2) is 5.31. The lowest BCUT2D eigenvalue weighted by molar-refractivity contribution is -0.0371. The maximum Gasteiger partial charge on any atom is 0.135 e. The number of fused-ring (bicyclic) bond motifs is 2. The molecule has 0 radical (unpaired) electrons. The summed E-state index contributed by atoms with van der Waals surface area (Å²) in [7, 11) is 0. The predicted octanol–water partition coefficient (Wildman–Crippen LogP) is 3.76. The molecule has 1 atom stereocenters. The van der Waals surface area contributed by atoms with Gasteiger partial charge >= 0.3 is 0 Å². The summed E-state index contributed by atoms with van der Waals surface area (Å²) in [5.41, 5.74) is 4.09. The number of nitrogens with one attached hydrogen (secondary N) is 1. The molecule has 0 saturated heterocycles. The number of aromatic nitrogens is 2. The summed E-state index contributed by atoms with van der Waals surface area (Å²) < 4.78 is 11.1. The first-order valence-electron chi connectivity index (χ1n) is 8.54. The van der Waals surface area contributed by atoms with Gasteiger partial charge in [0, 0.05) is 24.6 Å². The molecule has 2 aliphatic rings. The summed E-state index contributed by atoms with van der Waals surface area (Å²) in [6, 6.07) is 14.8. The first-order valence-corrected chi connectivity index (χ1v) is 8.54. The van der Waals surface area contributed by atoms with Crippen LogP contribution in [0.2, 0.25) is 0 Å². The van der Waals surface area contributed by atoms with Gasteiger partial charge in [0.2, 0.25) is 0 Å². The Morgan fingerprint density at radius 1 is 1.08 bits per heavy atom. The average Bonchev–Trinajstić information content (AvgIpc) is 3.05. The van der Waals surface area contributed by atoms with Crippen LogP contribution in [0.1, 0.15) is 42.9 Å². The molecule has 5 heteroatoms. The van der Waals surface area contributed by atoms with Crippen LogP contribution in [0.15, 0.2) is 47.1 Å². The maximum atomic E-state index is 6.31. The Kier molecular flexibility index (Phi) is 3.10. The van der Waals surface area contributed by atoms with Gasteiger partial charge in [-0.15, -0.1) is 0 Å². The monoisotopic (exact) mass is 321 g/mol. The van der Waals surface area contributed by atoms with E-state index in [2.05, 4.69) is 46.0 Å². The molecule has 5 nitrogen and oxygen atoms in total. The minimum Gasteiger partial charge on any atom is -0.487 e. The van der Waals surface area contributed by atoms with Crippen molar-refractivity contribution in [3.05, 3.63) is 53.6 Å². The highest BCUT2D eigenvalue weighted by molar-refractivity contribution is 5.73. The van der Waals surface area contributed by atoms with Crippen molar-refractivity contribution in [2.24, 2.45) is 0 Å². The number of hydrogen-bond acceptors (Lipinski definition) is 5. The Morgan fingerprint density at radius 3 is 2.83 bits per heavy atom. The van der Waals surface area contributed by atoms with Gasteiger partial charge in [-0.05, 0) is 53.3 Å². The second-order valence-electron chi connectivity index (χ2n) is 6.90. The number of rotatable bonds is 3. The van der Waals surface area contributed by atoms with Gasteiger partial charge in [-0.3, -0.25) is 0 Å². The van der Waals surface area contributed by atoms with Crippen molar-refractivity contribution in [2.45, 2.75) is 43.9 Å². The van der Waals surface area contributed by atoms with E-state index in [0.717, 1.165) is 42.6 Å². The van der Waals surface area contributed by atoms with Gasteiger partial charge in [0.05, 0.1) is 0 Å². The minimum absolute atomic E-state index is 0.0476. The highest BCUT2D eigenvalue weighted by Crippen LogP contribution is 2.48. The van der Waals surface area contributed by atoms with E-state index in [1.165, 1.54) is 17.5 Å². The predicted molar refractivity (Wildman–Crippen MR) is 89.7 cm³/mol. The van der Waals surface area contributed by atoms with Gasteiger partial charge < -0.3 is 10.1 Å². The molecule has 5 rings (SSSR count). The first-order chi connectivity index (χ1) is 11.8. The van der Waals surface area contributed by atoms with E-state index >= 15 is 0 Å². The highest BCUT2D eigenvalue weighted by atomic mass is 16.6. The third kappa shape index (κ3) is 2.27. The van der Waals surface area contributed by atoms with Gasteiger partial charge in [-0.1, -0.05) is 24.3 Å². The molecule has 0 bridgehead atoms. The normalized spacial score (nSPS) is 21.2. The Hall–Kier alpha value is -2.40. The minimum atomic E-state index is 0.0476. The summed E-state index contributed by atoms with van der Waals surface area (Å²) in [6.45, 7) is 0.790. The van der Waals surface area contributed by atoms with Crippen LogP contribution >= 0.6 is 0 Å². The van der Waals surface area contributed by atoms with Gasteiger partial charge in [0.1, 0.15) is 22.4 Å². The lowest BCUT2D eigenvalue weighted by Crippen LogP contribution is -2.49. The Morgan fingerprint density at radius 2 is 1.96 bits per heavy atom. The molecule has 24 heavy (non-hydrogen) atoms. The van der Waals surface area contributed by atoms with Crippen LogP contribution in [0, 0.1) is 0 Å². The molecule has 122 valence electrons. The van der Waals surface area contributed by atoms with Gasteiger partial charge in [0.15, 0.2) is 0 Å². The van der Waals surface area contributed by atoms with Crippen molar-refractivity contribution in [2.75, 3.05) is 0 Å². The van der Waals surface area contributed by atoms with Crippen LogP contribution in [0.25, 0.3) is 11.0 Å². The Bertz CT molecular complexity index is 885. The summed E-state index contributed by atoms with van der Waals surface area (Å²) in [5.74, 6) is 1.04. The molecule has 0 amide bonds. The fraction of sp³-hybridized carbons (Fsp3) is 0.368. The van der Waals surface area contributed by atoms with Crippen molar-refractivity contribution in [1.82, 2.24) is 15.6 Å². The van der Waals surface area contributed by atoms with Crippen molar-refractivity contribution in [3.63, 3.8) is 0 Å². The van der Waals surface area contributed by atoms with E-state index in [4.69, 9.17) is 9.37 Å². The summed E-state index contributed by atoms with van der Waals surface area (Å²) in [6.07, 6.45) is 4.63. The molecule has 1 saturated carbocycles. The molecule has 1 N–H and O–H groups in total. The highest BCUT2D eigenvalue weighted by Gasteiger charge is 2.45. The zero-order valence-corrected chi connectivity index (χ0v) is 13.4. The van der Waals surface area contributed by atoms with E-state index in [1.807, 2.05) is 12.1 Å². The van der Waals surface area contributed by atoms with Crippen LogP contribution in [0.3, 0.4) is 0 Å². The molecule has 1 aliphatic heterocycles. The summed E-state index contributed by atoms with van der Waals surface area (Å²) >= 11 is 0. The van der Waals surface area contributed by atoms with Crippen molar-refractivity contribution >= 4 is 11.0 Å². The van der Waals surface area contributed by atoms with Crippen molar-refractivity contribution in [1.29, 1.82) is 0 Å². The fourth-order valence-electron chi connectivity index (χ4n) is 3.86. The number of para-hydroxylation sites is 1. The molecular formula is C19H19N3O2. The van der Waals surface area contributed by atoms with E-state index in [9.17, 15) is 0 Å². The lowest BCUT2D eigenvalue weighted by atomic mass is 9.73. The van der Waals surface area contributed by atoms with Crippen molar-refractivity contribution < 1.29 is 9.37 Å². The molecule has 1 aliphatic carbocycles. The van der Waals surface area contributed by atoms with Gasteiger partial charge in [-0.25, -0.2) is 4.63 Å². The van der Waals surface area contributed by atoms with Crippen LogP contribution < -0.4 is 10.1 Å². The second-order valence-corrected chi connectivity index (χ2v) is 6.90. The first kappa shape index (κ1) is 14.0. The number of nitrogens with zero attached hydrogens (tertiary/aromatic N) is 2. The number of hydrogen-bond donors (Lipinski definition) is 1. The van der Waals surface area contributed by atoms with Crippen molar-refractivity contribution in [3.8, 4) is 5.75 Å². The topological polar surface area (TPSA) is 60.2 Å². The Labute approximate surface area is 140 Å². The fourth-order valence-corrected chi connectivity index (χ4v) is 3.86. The SMILES string of the molecule is c1ccc2c(c1)OC1(CCC1)CC2NCc1ccc2nonc2c1. The molecule has 1 fully saturated rings. The Balaban J connectivity index is 1.39. The molecule has 2 heterocycles. The van der Waals surface area contributed by atoms with Crippen LogP contribution in [0.4, 0.5) is 0 Å². The van der Waals surface area contributed by atoms with Crippen LogP contribution in [-0.2, 0) is 6.54 Å². The molecule has 3 aromatic rings. The largest absolute Gasteiger partial charge is 0.487 e. The molecular weight excluding hydrogens is 302 g/mol. The van der Waals surface area contributed by atoms with E-state index in [1.54, 1.807) is 0 Å². The molecule has 1 aromatic heterocycles. The van der Waals surface area contributed by atoms with Gasteiger partial charge in [0.25, 0.3) is 0 Å². The van der Waals surface area contributed by atoms with Gasteiger partial charge in [-0.2, -0.15) is 0 Å². The third-order valence-electron chi connectivity index (χ3n) is 5.33. The summed E-state index contributed by atoms with van der Waals surface area (Å²) in [4.78, 5) is 0. The van der Waals surface area contributed by atoms with E-state index < -0.39 is 0 Å². The maximum absolute atomic E-state index is 6.31. The standard InChI is InChI=1S/C19H19N3O2/c1-2-5-18-14(4-1)17(11-19(23-18)8-3-9-19)20-12-13-6-7-15-16(10-13)22-24-21-15/h1-2,4-7,10,17,20H,3,8-9,11-12H2. The smallest absolute Gasteiger partial charge is 0.135 e. The average molecular weight is 321 g/mol. The zero-order chi connectivity index (χ0) is 16.0. The van der Waals surface area contributed by atoms with E-state index in [-0.39, 0.29) is 5.60 Å².